The smallest absolute Gasteiger partial charge is 0.113 e. The predicted molar refractivity (Wildman–Crippen MR) is 77.1 cm³/mol. The molecule has 18 heavy (non-hydrogen) atoms. The van der Waals surface area contributed by atoms with E-state index in [0.717, 1.165) is 21.2 Å². The first-order valence-electron chi connectivity index (χ1n) is 5.58. The summed E-state index contributed by atoms with van der Waals surface area (Å²) in [5.41, 5.74) is 2.98. The average molecular weight is 300 g/mol. The van der Waals surface area contributed by atoms with E-state index in [1.54, 1.807) is 4.68 Å². The Balaban J connectivity index is 2.07. The first kappa shape index (κ1) is 11.2. The molecule has 3 nitrogen and oxygen atoms in total. The Labute approximate surface area is 113 Å². The Hall–Kier alpha value is -1.94. The van der Waals surface area contributed by atoms with Crippen LogP contribution in [-0.4, -0.2) is 15.0 Å². The third-order valence-corrected chi connectivity index (χ3v) is 3.20. The maximum Gasteiger partial charge on any atom is 0.113 e. The number of halogens is 1. The number of hydrogen-bond donors (Lipinski definition) is 0. The Kier molecular flexibility index (Phi) is 2.94. The normalized spacial score (nSPS) is 11.9. The van der Waals surface area contributed by atoms with Crippen molar-refractivity contribution in [3.8, 4) is 0 Å². The van der Waals surface area contributed by atoms with E-state index in [9.17, 15) is 0 Å². The topological polar surface area (TPSA) is 30.7 Å². The van der Waals surface area contributed by atoms with Gasteiger partial charge in [-0.15, -0.1) is 5.10 Å². The van der Waals surface area contributed by atoms with Crippen LogP contribution in [0, 0.1) is 0 Å². The van der Waals surface area contributed by atoms with E-state index in [1.165, 1.54) is 0 Å². The number of benzene rings is 2. The molecule has 0 saturated heterocycles. The van der Waals surface area contributed by atoms with Crippen molar-refractivity contribution in [1.29, 1.82) is 0 Å². The maximum atomic E-state index is 4.14. The molecule has 4 heteroatoms. The summed E-state index contributed by atoms with van der Waals surface area (Å²) in [7, 11) is 0. The van der Waals surface area contributed by atoms with Gasteiger partial charge in [0, 0.05) is 0 Å². The Bertz CT molecular complexity index is 701. The molecular formula is C14H10BrN3. The van der Waals surface area contributed by atoms with Gasteiger partial charge in [-0.25, -0.2) is 4.68 Å². The van der Waals surface area contributed by atoms with Crippen molar-refractivity contribution in [2.75, 3.05) is 0 Å². The third-order valence-electron chi connectivity index (χ3n) is 2.64. The van der Waals surface area contributed by atoms with Gasteiger partial charge >= 0.3 is 0 Å². The van der Waals surface area contributed by atoms with Gasteiger partial charge in [-0.2, -0.15) is 0 Å². The largest absolute Gasteiger partial charge is 0.206 e. The average Bonchev–Trinajstić information content (AvgIpc) is 2.84. The summed E-state index contributed by atoms with van der Waals surface area (Å²) in [6.45, 7) is 0. The van der Waals surface area contributed by atoms with Crippen LogP contribution in [0.25, 0.3) is 21.7 Å². The number of rotatable bonds is 2. The SMILES string of the molecule is Br/C(=C/c1ccccc1)n1nnc2ccccc21. The summed E-state index contributed by atoms with van der Waals surface area (Å²) in [6, 6.07) is 18.0. The number of nitrogens with zero attached hydrogens (tertiary/aromatic N) is 3. The zero-order valence-corrected chi connectivity index (χ0v) is 11.1. The Morgan fingerprint density at radius 3 is 2.56 bits per heavy atom. The van der Waals surface area contributed by atoms with Gasteiger partial charge in [0.05, 0.1) is 5.52 Å². The second-order valence-electron chi connectivity index (χ2n) is 3.87. The molecule has 0 saturated carbocycles. The Morgan fingerprint density at radius 2 is 1.72 bits per heavy atom. The van der Waals surface area contributed by atoms with Gasteiger partial charge in [0.25, 0.3) is 0 Å². The van der Waals surface area contributed by atoms with Crippen molar-refractivity contribution in [2.45, 2.75) is 0 Å². The van der Waals surface area contributed by atoms with Crippen molar-refractivity contribution >= 4 is 37.6 Å². The number of aromatic nitrogens is 3. The fraction of sp³-hybridized carbons (Fsp3) is 0. The predicted octanol–water partition coefficient (Wildman–Crippen LogP) is 3.78. The molecular weight excluding hydrogens is 290 g/mol. The molecule has 0 bridgehead atoms. The molecule has 0 unspecified atom stereocenters. The minimum absolute atomic E-state index is 0.863. The summed E-state index contributed by atoms with van der Waals surface area (Å²) >= 11 is 3.54. The monoisotopic (exact) mass is 299 g/mol. The molecule has 2 aromatic carbocycles. The maximum absolute atomic E-state index is 4.14. The van der Waals surface area contributed by atoms with Crippen molar-refractivity contribution in [2.24, 2.45) is 0 Å². The van der Waals surface area contributed by atoms with Crippen molar-refractivity contribution < 1.29 is 0 Å². The first-order valence-corrected chi connectivity index (χ1v) is 6.37. The zero-order valence-electron chi connectivity index (χ0n) is 9.49. The molecule has 0 N–H and O–H groups in total. The number of fused-ring (bicyclic) bond motifs is 1. The molecule has 0 aliphatic rings. The highest BCUT2D eigenvalue weighted by molar-refractivity contribution is 9.15. The van der Waals surface area contributed by atoms with Crippen LogP contribution in [0.15, 0.2) is 54.6 Å². The standard InChI is InChI=1S/C14H10BrN3/c15-14(10-11-6-2-1-3-7-11)18-13-9-5-4-8-12(13)16-17-18/h1-10H/b14-10-. The van der Waals surface area contributed by atoms with Crippen molar-refractivity contribution in [3.05, 3.63) is 60.2 Å². The quantitative estimate of drug-likeness (QED) is 0.721. The van der Waals surface area contributed by atoms with E-state index >= 15 is 0 Å². The summed E-state index contributed by atoms with van der Waals surface area (Å²) < 4.78 is 2.64. The molecule has 0 spiro atoms. The summed E-state index contributed by atoms with van der Waals surface area (Å²) in [5.74, 6) is 0. The molecule has 1 aromatic heterocycles. The highest BCUT2D eigenvalue weighted by Gasteiger charge is 2.05. The molecule has 0 fully saturated rings. The molecule has 0 atom stereocenters. The summed E-state index contributed by atoms with van der Waals surface area (Å²) in [5, 5.41) is 8.27. The fourth-order valence-electron chi connectivity index (χ4n) is 1.77. The van der Waals surface area contributed by atoms with Gasteiger partial charge in [-0.1, -0.05) is 47.7 Å². The second kappa shape index (κ2) is 4.74. The van der Waals surface area contributed by atoms with Crippen LogP contribution < -0.4 is 0 Å². The van der Waals surface area contributed by atoms with Crippen molar-refractivity contribution in [3.63, 3.8) is 0 Å². The lowest BCUT2D eigenvalue weighted by molar-refractivity contribution is 0.858. The van der Waals surface area contributed by atoms with Gasteiger partial charge in [0.15, 0.2) is 0 Å². The second-order valence-corrected chi connectivity index (χ2v) is 4.68. The zero-order chi connectivity index (χ0) is 12.4. The van der Waals surface area contributed by atoms with Crippen LogP contribution in [0.1, 0.15) is 5.56 Å². The van der Waals surface area contributed by atoms with Crippen molar-refractivity contribution in [1.82, 2.24) is 15.0 Å². The van der Waals surface area contributed by atoms with E-state index in [0.29, 0.717) is 0 Å². The van der Waals surface area contributed by atoms with Gasteiger partial charge < -0.3 is 0 Å². The molecule has 1 heterocycles. The fourth-order valence-corrected chi connectivity index (χ4v) is 2.30. The highest BCUT2D eigenvalue weighted by Crippen LogP contribution is 2.21. The van der Waals surface area contributed by atoms with E-state index in [-0.39, 0.29) is 0 Å². The lowest BCUT2D eigenvalue weighted by Gasteiger charge is -2.00. The van der Waals surface area contributed by atoms with Crippen LogP contribution in [0.4, 0.5) is 0 Å². The highest BCUT2D eigenvalue weighted by atomic mass is 79.9. The van der Waals surface area contributed by atoms with Gasteiger partial charge in [-0.3, -0.25) is 0 Å². The molecule has 3 aromatic rings. The van der Waals surface area contributed by atoms with Crippen LogP contribution in [0.3, 0.4) is 0 Å². The molecule has 0 radical (unpaired) electrons. The third kappa shape index (κ3) is 2.07. The van der Waals surface area contributed by atoms with Gasteiger partial charge in [0.1, 0.15) is 10.1 Å². The number of para-hydroxylation sites is 1. The molecule has 0 aliphatic carbocycles. The number of hydrogen-bond acceptors (Lipinski definition) is 2. The van der Waals surface area contributed by atoms with Crippen LogP contribution >= 0.6 is 15.9 Å². The molecule has 0 amide bonds. The van der Waals surface area contributed by atoms with Crippen LogP contribution in [0.2, 0.25) is 0 Å². The van der Waals surface area contributed by atoms with E-state index in [4.69, 9.17) is 0 Å². The van der Waals surface area contributed by atoms with E-state index in [1.807, 2.05) is 60.7 Å². The molecule has 88 valence electrons. The lowest BCUT2D eigenvalue weighted by Crippen LogP contribution is -1.93. The molecule has 3 rings (SSSR count). The summed E-state index contributed by atoms with van der Waals surface area (Å²) in [6.07, 6.45) is 2.02. The van der Waals surface area contributed by atoms with Gasteiger partial charge in [-0.05, 0) is 39.7 Å². The van der Waals surface area contributed by atoms with E-state index in [2.05, 4.69) is 26.2 Å². The van der Waals surface area contributed by atoms with Gasteiger partial charge in [0.2, 0.25) is 0 Å². The van der Waals surface area contributed by atoms with E-state index < -0.39 is 0 Å². The van der Waals surface area contributed by atoms with Crippen LogP contribution in [0.5, 0.6) is 0 Å². The van der Waals surface area contributed by atoms with Crippen LogP contribution in [-0.2, 0) is 0 Å². The summed E-state index contributed by atoms with van der Waals surface area (Å²) in [4.78, 5) is 0. The molecule has 0 aliphatic heterocycles. The lowest BCUT2D eigenvalue weighted by atomic mass is 10.2. The first-order chi connectivity index (χ1) is 8.84. The Morgan fingerprint density at radius 1 is 1.00 bits per heavy atom. The minimum atomic E-state index is 0.863. The minimum Gasteiger partial charge on any atom is -0.206 e.